The van der Waals surface area contributed by atoms with Crippen molar-refractivity contribution >= 4 is 29.3 Å². The van der Waals surface area contributed by atoms with Crippen LogP contribution in [0.3, 0.4) is 0 Å². The van der Waals surface area contributed by atoms with Crippen LogP contribution in [0.4, 0.5) is 0 Å². The normalized spacial score (nSPS) is 29.2. The van der Waals surface area contributed by atoms with Crippen molar-refractivity contribution in [2.45, 2.75) is 95.3 Å². The zero-order valence-electron chi connectivity index (χ0n) is 18.0. The van der Waals surface area contributed by atoms with E-state index < -0.39 is 17.8 Å². The third-order valence-corrected chi connectivity index (χ3v) is 7.29. The first-order valence-corrected chi connectivity index (χ1v) is 12.6. The van der Waals surface area contributed by atoms with Crippen molar-refractivity contribution in [3.63, 3.8) is 0 Å². The van der Waals surface area contributed by atoms with E-state index in [4.69, 9.17) is 16.3 Å². The van der Waals surface area contributed by atoms with Gasteiger partial charge < -0.3 is 14.9 Å². The highest BCUT2D eigenvalue weighted by molar-refractivity contribution is 7.99. The van der Waals surface area contributed by atoms with Gasteiger partial charge in [0, 0.05) is 11.1 Å². The highest BCUT2D eigenvalue weighted by Crippen LogP contribution is 2.39. The Morgan fingerprint density at radius 2 is 1.93 bits per heavy atom. The molecule has 2 saturated carbocycles. The summed E-state index contributed by atoms with van der Waals surface area (Å²) in [5, 5.41) is 20.7. The zero-order chi connectivity index (χ0) is 21.4. The van der Waals surface area contributed by atoms with E-state index in [0.717, 1.165) is 25.0 Å². The van der Waals surface area contributed by atoms with Crippen molar-refractivity contribution in [3.8, 4) is 11.8 Å². The molecule has 0 aliphatic heterocycles. The molecule has 0 amide bonds. The number of rotatable bonds is 7. The average molecular weight is 445 g/mol. The first kappa shape index (κ1) is 24.9. The maximum absolute atomic E-state index is 11.8. The Bertz CT molecular complexity index is 574. The van der Waals surface area contributed by atoms with Gasteiger partial charge in [-0.1, -0.05) is 31.1 Å². The lowest BCUT2D eigenvalue weighted by atomic mass is 9.85. The van der Waals surface area contributed by atoms with Crippen LogP contribution in [-0.2, 0) is 9.53 Å². The van der Waals surface area contributed by atoms with Crippen LogP contribution in [-0.4, -0.2) is 50.9 Å². The van der Waals surface area contributed by atoms with Gasteiger partial charge in [-0.05, 0) is 64.0 Å². The molecule has 2 rings (SSSR count). The van der Waals surface area contributed by atoms with Crippen molar-refractivity contribution in [3.05, 3.63) is 0 Å². The molecule has 0 radical (unpaired) electrons. The number of ether oxygens (including phenoxy) is 1. The number of esters is 1. The lowest BCUT2D eigenvalue weighted by Crippen LogP contribution is -2.24. The Morgan fingerprint density at radius 1 is 1.24 bits per heavy atom. The molecular weight excluding hydrogens is 408 g/mol. The molecule has 4 nitrogen and oxygen atoms in total. The van der Waals surface area contributed by atoms with E-state index in [-0.39, 0.29) is 29.1 Å². The molecule has 0 aromatic carbocycles. The highest BCUT2D eigenvalue weighted by Gasteiger charge is 2.40. The molecule has 2 N–H and O–H groups in total. The summed E-state index contributed by atoms with van der Waals surface area (Å²) >= 11 is 8.20. The second-order valence-corrected chi connectivity index (χ2v) is 11.2. The minimum atomic E-state index is -0.597. The molecule has 0 heterocycles. The summed E-state index contributed by atoms with van der Waals surface area (Å²) in [5.74, 6) is 7.83. The van der Waals surface area contributed by atoms with Gasteiger partial charge in [-0.3, -0.25) is 4.79 Å². The molecular formula is C23H37ClO4S. The van der Waals surface area contributed by atoms with Gasteiger partial charge in [0.25, 0.3) is 0 Å². The van der Waals surface area contributed by atoms with E-state index >= 15 is 0 Å². The summed E-state index contributed by atoms with van der Waals surface area (Å²) in [6.07, 6.45) is 6.34. The quantitative estimate of drug-likeness (QED) is 0.264. The highest BCUT2D eigenvalue weighted by atomic mass is 35.5. The van der Waals surface area contributed by atoms with E-state index in [0.29, 0.717) is 18.6 Å². The van der Waals surface area contributed by atoms with E-state index in [1.165, 1.54) is 19.3 Å². The number of carbonyl (C=O) groups is 1. The summed E-state index contributed by atoms with van der Waals surface area (Å²) < 4.78 is 5.32. The minimum Gasteiger partial charge on any atom is -0.460 e. The Hall–Kier alpha value is -0.410. The number of thioether (sulfide) groups is 1. The molecule has 0 aromatic heterocycles. The second-order valence-electron chi connectivity index (χ2n) is 9.38. The fraction of sp³-hybridized carbons (Fsp3) is 0.870. The summed E-state index contributed by atoms with van der Waals surface area (Å²) in [5.41, 5.74) is -0.443. The van der Waals surface area contributed by atoms with Gasteiger partial charge in [-0.25, -0.2) is 0 Å². The van der Waals surface area contributed by atoms with Crippen LogP contribution in [0.5, 0.6) is 0 Å². The molecule has 29 heavy (non-hydrogen) atoms. The molecule has 0 unspecified atom stereocenters. The standard InChI is InChI=1S/C23H37ClO4S/c1-23(2,3)28-22(27)12-14-29-13-11-17-18(21(26)15-19(17)24)9-10-20(25)16-7-5-4-6-8-16/h16-21,25-26H,4-8,11-15H2,1-3H3/t17-,18-,19-,20-,21-/m1/s1. The van der Waals surface area contributed by atoms with Crippen molar-refractivity contribution in [1.82, 2.24) is 0 Å². The van der Waals surface area contributed by atoms with Crippen molar-refractivity contribution in [2.24, 2.45) is 17.8 Å². The van der Waals surface area contributed by atoms with Crippen molar-refractivity contribution in [1.29, 1.82) is 0 Å². The third-order valence-electron chi connectivity index (χ3n) is 5.77. The fourth-order valence-electron chi connectivity index (χ4n) is 4.24. The first-order chi connectivity index (χ1) is 13.7. The van der Waals surface area contributed by atoms with Crippen LogP contribution in [0.2, 0.25) is 0 Å². The number of aliphatic hydroxyl groups excluding tert-OH is 2. The van der Waals surface area contributed by atoms with Crippen LogP contribution in [0.15, 0.2) is 0 Å². The van der Waals surface area contributed by atoms with E-state index in [2.05, 4.69) is 11.8 Å². The minimum absolute atomic E-state index is 0.0948. The number of halogens is 1. The summed E-state index contributed by atoms with van der Waals surface area (Å²) in [4.78, 5) is 11.8. The monoisotopic (exact) mass is 444 g/mol. The Labute approximate surface area is 185 Å². The maximum atomic E-state index is 11.8. The number of alkyl halides is 1. The molecule has 6 heteroatoms. The lowest BCUT2D eigenvalue weighted by Gasteiger charge is -2.24. The molecule has 2 aliphatic carbocycles. The Balaban J connectivity index is 1.78. The van der Waals surface area contributed by atoms with Gasteiger partial charge in [0.2, 0.25) is 0 Å². The van der Waals surface area contributed by atoms with Gasteiger partial charge in [0.05, 0.1) is 18.4 Å². The predicted octanol–water partition coefficient (Wildman–Crippen LogP) is 4.39. The number of aliphatic hydroxyl groups is 2. The third kappa shape index (κ3) is 8.69. The molecule has 2 fully saturated rings. The Kier molecular flexibility index (Phi) is 10.1. The Morgan fingerprint density at radius 3 is 2.59 bits per heavy atom. The van der Waals surface area contributed by atoms with Crippen molar-refractivity contribution in [2.75, 3.05) is 11.5 Å². The van der Waals surface area contributed by atoms with Crippen LogP contribution in [0.25, 0.3) is 0 Å². The topological polar surface area (TPSA) is 66.8 Å². The van der Waals surface area contributed by atoms with Gasteiger partial charge in [-0.15, -0.1) is 11.6 Å². The number of hydrogen-bond donors (Lipinski definition) is 2. The fourth-order valence-corrected chi connectivity index (χ4v) is 5.66. The molecule has 166 valence electrons. The summed E-state index contributed by atoms with van der Waals surface area (Å²) in [7, 11) is 0. The average Bonchev–Trinajstić information content (AvgIpc) is 2.91. The molecule has 0 aromatic rings. The van der Waals surface area contributed by atoms with E-state index in [9.17, 15) is 15.0 Å². The molecule has 2 aliphatic rings. The smallest absolute Gasteiger partial charge is 0.307 e. The van der Waals surface area contributed by atoms with Crippen LogP contribution < -0.4 is 0 Å². The van der Waals surface area contributed by atoms with Gasteiger partial charge in [0.1, 0.15) is 11.7 Å². The van der Waals surface area contributed by atoms with Crippen molar-refractivity contribution < 1.29 is 19.7 Å². The molecule has 0 bridgehead atoms. The lowest BCUT2D eigenvalue weighted by molar-refractivity contribution is -0.154. The van der Waals surface area contributed by atoms with E-state index in [1.54, 1.807) is 11.8 Å². The molecule has 5 atom stereocenters. The van der Waals surface area contributed by atoms with Crippen LogP contribution in [0.1, 0.15) is 72.1 Å². The number of hydrogen-bond acceptors (Lipinski definition) is 5. The molecule has 0 spiro atoms. The predicted molar refractivity (Wildman–Crippen MR) is 120 cm³/mol. The summed E-state index contributed by atoms with van der Waals surface area (Å²) in [6.45, 7) is 5.61. The largest absolute Gasteiger partial charge is 0.460 e. The second kappa shape index (κ2) is 11.8. The number of carbonyl (C=O) groups excluding carboxylic acids is 1. The van der Waals surface area contributed by atoms with Crippen LogP contribution in [0, 0.1) is 29.6 Å². The summed E-state index contributed by atoms with van der Waals surface area (Å²) in [6, 6.07) is 0. The van der Waals surface area contributed by atoms with Gasteiger partial charge >= 0.3 is 5.97 Å². The maximum Gasteiger partial charge on any atom is 0.307 e. The van der Waals surface area contributed by atoms with Gasteiger partial charge in [0.15, 0.2) is 0 Å². The van der Waals surface area contributed by atoms with Crippen LogP contribution >= 0.6 is 23.4 Å². The zero-order valence-corrected chi connectivity index (χ0v) is 19.6. The molecule has 0 saturated heterocycles. The van der Waals surface area contributed by atoms with E-state index in [1.807, 2.05) is 20.8 Å². The van der Waals surface area contributed by atoms with Gasteiger partial charge in [-0.2, -0.15) is 11.8 Å². The SMILES string of the molecule is CC(C)(C)OC(=O)CCSCC[C@@H]1[C@@H](C#C[C@@H](O)C2CCCCC2)[C@H](O)C[C@H]1Cl. The first-order valence-electron chi connectivity index (χ1n) is 11.0.